The molecule has 0 spiro atoms. The Kier molecular flexibility index (Phi) is 6.92. The first-order chi connectivity index (χ1) is 12.4. The summed E-state index contributed by atoms with van der Waals surface area (Å²) < 4.78 is 35.6. The van der Waals surface area contributed by atoms with Gasteiger partial charge in [-0.25, -0.2) is 0 Å². The molecule has 1 unspecified atom stereocenters. The van der Waals surface area contributed by atoms with E-state index in [1.807, 2.05) is 6.07 Å². The summed E-state index contributed by atoms with van der Waals surface area (Å²) in [5, 5.41) is 11.5. The lowest BCUT2D eigenvalue weighted by Gasteiger charge is -2.16. The van der Waals surface area contributed by atoms with Gasteiger partial charge in [-0.2, -0.15) is 14.0 Å². The van der Waals surface area contributed by atoms with Gasteiger partial charge in [-0.1, -0.05) is 22.0 Å². The number of carbonyl (C=O) groups is 1. The minimum absolute atomic E-state index is 0.00768. The average molecular weight is 425 g/mol. The lowest BCUT2D eigenvalue weighted by molar-refractivity contribution is -0.127. The van der Waals surface area contributed by atoms with Gasteiger partial charge in [-0.05, 0) is 43.3 Å². The minimum atomic E-state index is -2.96. The van der Waals surface area contributed by atoms with Gasteiger partial charge in [0.15, 0.2) is 6.10 Å². The summed E-state index contributed by atoms with van der Waals surface area (Å²) in [7, 11) is 0. The maximum Gasteiger partial charge on any atom is 0.387 e. The second-order valence-corrected chi connectivity index (χ2v) is 6.16. The SMILES string of the molecule is CC(Oc1cccc(C#N)c1)C(=O)NCc1cc(Br)ccc1OC(F)F. The van der Waals surface area contributed by atoms with Gasteiger partial charge >= 0.3 is 6.61 Å². The molecule has 1 atom stereocenters. The Morgan fingerprint density at radius 1 is 1.27 bits per heavy atom. The topological polar surface area (TPSA) is 71.3 Å². The summed E-state index contributed by atoms with van der Waals surface area (Å²) in [4.78, 5) is 12.2. The molecule has 8 heteroatoms. The first kappa shape index (κ1) is 19.7. The van der Waals surface area contributed by atoms with Crippen LogP contribution in [0.25, 0.3) is 0 Å². The van der Waals surface area contributed by atoms with E-state index < -0.39 is 18.6 Å². The van der Waals surface area contributed by atoms with E-state index in [1.54, 1.807) is 37.3 Å². The Balaban J connectivity index is 1.99. The second-order valence-electron chi connectivity index (χ2n) is 5.25. The third-order valence-corrected chi connectivity index (χ3v) is 3.83. The molecule has 2 aromatic carbocycles. The highest BCUT2D eigenvalue weighted by Gasteiger charge is 2.16. The zero-order valence-corrected chi connectivity index (χ0v) is 15.3. The fraction of sp³-hybridized carbons (Fsp3) is 0.222. The van der Waals surface area contributed by atoms with Crippen LogP contribution in [-0.4, -0.2) is 18.6 Å². The number of nitrogens with zero attached hydrogens (tertiary/aromatic N) is 1. The van der Waals surface area contributed by atoms with Crippen molar-refractivity contribution in [2.45, 2.75) is 26.2 Å². The Morgan fingerprint density at radius 2 is 2.04 bits per heavy atom. The van der Waals surface area contributed by atoms with Crippen molar-refractivity contribution in [3.05, 3.63) is 58.1 Å². The van der Waals surface area contributed by atoms with Crippen molar-refractivity contribution < 1.29 is 23.0 Å². The predicted octanol–water partition coefficient (Wildman–Crippen LogP) is 4.01. The quantitative estimate of drug-likeness (QED) is 0.728. The first-order valence-electron chi connectivity index (χ1n) is 7.57. The fourth-order valence-corrected chi connectivity index (χ4v) is 2.53. The van der Waals surface area contributed by atoms with Gasteiger partial charge < -0.3 is 14.8 Å². The summed E-state index contributed by atoms with van der Waals surface area (Å²) in [5.41, 5.74) is 0.810. The van der Waals surface area contributed by atoms with E-state index in [-0.39, 0.29) is 12.3 Å². The molecule has 2 aromatic rings. The highest BCUT2D eigenvalue weighted by Crippen LogP contribution is 2.24. The Labute approximate surface area is 157 Å². The van der Waals surface area contributed by atoms with E-state index >= 15 is 0 Å². The fourth-order valence-electron chi connectivity index (χ4n) is 2.12. The summed E-state index contributed by atoms with van der Waals surface area (Å²) in [6, 6.07) is 12.9. The lowest BCUT2D eigenvalue weighted by atomic mass is 10.2. The van der Waals surface area contributed by atoms with Crippen molar-refractivity contribution in [3.63, 3.8) is 0 Å². The summed E-state index contributed by atoms with van der Waals surface area (Å²) in [5.74, 6) is -0.0648. The number of halogens is 3. The van der Waals surface area contributed by atoms with Crippen LogP contribution in [0.2, 0.25) is 0 Å². The van der Waals surface area contributed by atoms with Gasteiger partial charge in [0.25, 0.3) is 5.91 Å². The van der Waals surface area contributed by atoms with Crippen molar-refractivity contribution in [3.8, 4) is 17.6 Å². The van der Waals surface area contributed by atoms with Crippen LogP contribution in [0, 0.1) is 11.3 Å². The van der Waals surface area contributed by atoms with E-state index in [0.29, 0.717) is 21.3 Å². The lowest BCUT2D eigenvalue weighted by Crippen LogP contribution is -2.36. The van der Waals surface area contributed by atoms with E-state index in [4.69, 9.17) is 10.00 Å². The molecular formula is C18H15BrF2N2O3. The van der Waals surface area contributed by atoms with Crippen LogP contribution in [0.3, 0.4) is 0 Å². The molecule has 0 saturated carbocycles. The van der Waals surface area contributed by atoms with Gasteiger partial charge in [-0.3, -0.25) is 4.79 Å². The Bertz CT molecular complexity index is 824. The average Bonchev–Trinajstić information content (AvgIpc) is 2.61. The molecule has 0 aliphatic rings. The van der Waals surface area contributed by atoms with Crippen LogP contribution in [0.15, 0.2) is 46.9 Å². The van der Waals surface area contributed by atoms with E-state index in [0.717, 1.165) is 0 Å². The number of amides is 1. The largest absolute Gasteiger partial charge is 0.481 e. The molecule has 0 aliphatic carbocycles. The summed E-state index contributed by atoms with van der Waals surface area (Å²) >= 11 is 3.25. The molecule has 1 N–H and O–H groups in total. The zero-order chi connectivity index (χ0) is 19.1. The minimum Gasteiger partial charge on any atom is -0.481 e. The molecule has 0 heterocycles. The number of carbonyl (C=O) groups excluding carboxylic acids is 1. The van der Waals surface area contributed by atoms with Crippen LogP contribution in [-0.2, 0) is 11.3 Å². The predicted molar refractivity (Wildman–Crippen MR) is 93.9 cm³/mol. The molecule has 0 bridgehead atoms. The summed E-state index contributed by atoms with van der Waals surface area (Å²) in [6.07, 6.45) is -0.837. The van der Waals surface area contributed by atoms with Gasteiger partial charge in [0, 0.05) is 16.6 Å². The van der Waals surface area contributed by atoms with E-state index in [9.17, 15) is 13.6 Å². The molecule has 5 nitrogen and oxygen atoms in total. The van der Waals surface area contributed by atoms with Crippen molar-refractivity contribution in [2.24, 2.45) is 0 Å². The number of rotatable bonds is 7. The number of nitrogens with one attached hydrogen (secondary N) is 1. The number of hydrogen-bond donors (Lipinski definition) is 1. The van der Waals surface area contributed by atoms with Crippen LogP contribution >= 0.6 is 15.9 Å². The van der Waals surface area contributed by atoms with Crippen molar-refractivity contribution in [1.29, 1.82) is 5.26 Å². The Morgan fingerprint density at radius 3 is 2.73 bits per heavy atom. The third kappa shape index (κ3) is 5.70. The molecule has 0 fully saturated rings. The monoisotopic (exact) mass is 424 g/mol. The zero-order valence-electron chi connectivity index (χ0n) is 13.7. The van der Waals surface area contributed by atoms with Gasteiger partial charge in [0.1, 0.15) is 11.5 Å². The van der Waals surface area contributed by atoms with Crippen molar-refractivity contribution in [2.75, 3.05) is 0 Å². The van der Waals surface area contributed by atoms with E-state index in [2.05, 4.69) is 26.0 Å². The normalized spacial score (nSPS) is 11.5. The van der Waals surface area contributed by atoms with Crippen LogP contribution in [0.1, 0.15) is 18.1 Å². The number of benzene rings is 2. The number of alkyl halides is 2. The van der Waals surface area contributed by atoms with Gasteiger partial charge in [-0.15, -0.1) is 0 Å². The molecular weight excluding hydrogens is 410 g/mol. The smallest absolute Gasteiger partial charge is 0.387 e. The van der Waals surface area contributed by atoms with Crippen LogP contribution in [0.5, 0.6) is 11.5 Å². The Hall–Kier alpha value is -2.66. The van der Waals surface area contributed by atoms with Crippen molar-refractivity contribution >= 4 is 21.8 Å². The first-order valence-corrected chi connectivity index (χ1v) is 8.36. The van der Waals surface area contributed by atoms with Gasteiger partial charge in [0.2, 0.25) is 0 Å². The molecule has 0 saturated heterocycles. The highest BCUT2D eigenvalue weighted by molar-refractivity contribution is 9.10. The van der Waals surface area contributed by atoms with E-state index in [1.165, 1.54) is 12.1 Å². The molecule has 0 radical (unpaired) electrons. The second kappa shape index (κ2) is 9.15. The maximum absolute atomic E-state index is 12.5. The molecule has 136 valence electrons. The van der Waals surface area contributed by atoms with Crippen LogP contribution in [0.4, 0.5) is 8.78 Å². The summed E-state index contributed by atoms with van der Waals surface area (Å²) in [6.45, 7) is -1.42. The van der Waals surface area contributed by atoms with Crippen molar-refractivity contribution in [1.82, 2.24) is 5.32 Å². The molecule has 1 amide bonds. The maximum atomic E-state index is 12.5. The highest BCUT2D eigenvalue weighted by atomic mass is 79.9. The van der Waals surface area contributed by atoms with Crippen LogP contribution < -0.4 is 14.8 Å². The standard InChI is InChI=1S/C18H15BrF2N2O3/c1-11(25-15-4-2-3-12(7-15)9-22)17(24)23-10-13-8-14(19)5-6-16(13)26-18(20)21/h2-8,11,18H,10H2,1H3,(H,23,24). The molecule has 2 rings (SSSR count). The molecule has 26 heavy (non-hydrogen) atoms. The number of nitriles is 1. The molecule has 0 aromatic heterocycles. The third-order valence-electron chi connectivity index (χ3n) is 3.34. The van der Waals surface area contributed by atoms with Gasteiger partial charge in [0.05, 0.1) is 11.6 Å². The molecule has 0 aliphatic heterocycles. The number of hydrogen-bond acceptors (Lipinski definition) is 4. The number of ether oxygens (including phenoxy) is 2.